The monoisotopic (exact) mass is 276 g/mol. The van der Waals surface area contributed by atoms with Gasteiger partial charge in [-0.05, 0) is 29.5 Å². The minimum absolute atomic E-state index is 0.0233. The highest BCUT2D eigenvalue weighted by Gasteiger charge is 2.06. The molecule has 3 nitrogen and oxygen atoms in total. The van der Waals surface area contributed by atoms with E-state index in [1.807, 2.05) is 54.6 Å². The van der Waals surface area contributed by atoms with Crippen LogP contribution in [0.25, 0.3) is 10.8 Å². The van der Waals surface area contributed by atoms with Gasteiger partial charge < -0.3 is 5.32 Å². The Balaban J connectivity index is 1.69. The first kappa shape index (κ1) is 13.3. The van der Waals surface area contributed by atoms with Gasteiger partial charge in [0.2, 0.25) is 5.91 Å². The van der Waals surface area contributed by atoms with Crippen LogP contribution in [0.15, 0.2) is 67.0 Å². The van der Waals surface area contributed by atoms with Gasteiger partial charge in [0.1, 0.15) is 0 Å². The topological polar surface area (TPSA) is 42.0 Å². The highest BCUT2D eigenvalue weighted by atomic mass is 16.1. The zero-order valence-corrected chi connectivity index (χ0v) is 11.6. The molecule has 0 aliphatic carbocycles. The Morgan fingerprint density at radius 2 is 1.86 bits per heavy atom. The molecule has 21 heavy (non-hydrogen) atoms. The number of carbonyl (C=O) groups is 1. The smallest absolute Gasteiger partial charge is 0.224 e. The van der Waals surface area contributed by atoms with Gasteiger partial charge in [-0.15, -0.1) is 0 Å². The van der Waals surface area contributed by atoms with Crippen molar-refractivity contribution in [3.63, 3.8) is 0 Å². The van der Waals surface area contributed by atoms with Crippen molar-refractivity contribution >= 4 is 22.4 Å². The van der Waals surface area contributed by atoms with Gasteiger partial charge >= 0.3 is 0 Å². The van der Waals surface area contributed by atoms with Crippen molar-refractivity contribution in [3.05, 3.63) is 72.6 Å². The number of carbonyl (C=O) groups excluding carboxylic acids is 1. The second-order valence-corrected chi connectivity index (χ2v) is 4.94. The van der Waals surface area contributed by atoms with E-state index in [1.54, 1.807) is 12.4 Å². The zero-order valence-electron chi connectivity index (χ0n) is 11.6. The summed E-state index contributed by atoms with van der Waals surface area (Å²) in [6.45, 7) is 0. The molecule has 1 aromatic heterocycles. The molecule has 0 fully saturated rings. The maximum atomic E-state index is 12.1. The molecule has 3 aromatic rings. The summed E-state index contributed by atoms with van der Waals surface area (Å²) in [5, 5.41) is 5.19. The van der Waals surface area contributed by atoms with Crippen molar-refractivity contribution in [2.24, 2.45) is 0 Å². The van der Waals surface area contributed by atoms with Gasteiger partial charge in [0, 0.05) is 29.9 Å². The highest BCUT2D eigenvalue weighted by molar-refractivity contribution is 6.02. The lowest BCUT2D eigenvalue weighted by molar-refractivity contribution is -0.116. The van der Waals surface area contributed by atoms with E-state index in [1.165, 1.54) is 0 Å². The molecule has 3 rings (SSSR count). The maximum Gasteiger partial charge on any atom is 0.224 e. The Kier molecular flexibility index (Phi) is 3.92. The number of hydrogen-bond acceptors (Lipinski definition) is 2. The molecule has 2 aromatic carbocycles. The Bertz CT molecular complexity index is 748. The van der Waals surface area contributed by atoms with Crippen LogP contribution in [-0.4, -0.2) is 10.9 Å². The fourth-order valence-corrected chi connectivity index (χ4v) is 2.35. The number of anilines is 1. The van der Waals surface area contributed by atoms with Crippen LogP contribution in [-0.2, 0) is 11.2 Å². The van der Waals surface area contributed by atoms with Crippen molar-refractivity contribution in [2.45, 2.75) is 12.8 Å². The third-order valence-corrected chi connectivity index (χ3v) is 3.43. The maximum absolute atomic E-state index is 12.1. The number of nitrogens with one attached hydrogen (secondary N) is 1. The quantitative estimate of drug-likeness (QED) is 0.787. The summed E-state index contributed by atoms with van der Waals surface area (Å²) in [7, 11) is 0. The van der Waals surface area contributed by atoms with Gasteiger partial charge in [0.25, 0.3) is 0 Å². The van der Waals surface area contributed by atoms with Crippen LogP contribution in [0.1, 0.15) is 12.0 Å². The molecule has 1 heterocycles. The van der Waals surface area contributed by atoms with Gasteiger partial charge in [-0.2, -0.15) is 0 Å². The second-order valence-electron chi connectivity index (χ2n) is 4.94. The van der Waals surface area contributed by atoms with E-state index < -0.39 is 0 Å². The largest absolute Gasteiger partial charge is 0.326 e. The molecule has 3 heteroatoms. The van der Waals surface area contributed by atoms with Crippen molar-refractivity contribution in [3.8, 4) is 0 Å². The lowest BCUT2D eigenvalue weighted by atomic mass is 10.1. The first-order valence-corrected chi connectivity index (χ1v) is 6.99. The molecule has 0 bridgehead atoms. The van der Waals surface area contributed by atoms with Crippen LogP contribution in [0.5, 0.6) is 0 Å². The summed E-state index contributed by atoms with van der Waals surface area (Å²) >= 11 is 0. The lowest BCUT2D eigenvalue weighted by Gasteiger charge is -2.08. The summed E-state index contributed by atoms with van der Waals surface area (Å²) < 4.78 is 0. The summed E-state index contributed by atoms with van der Waals surface area (Å²) in [5.41, 5.74) is 1.94. The van der Waals surface area contributed by atoms with E-state index in [2.05, 4.69) is 10.3 Å². The Morgan fingerprint density at radius 1 is 1.00 bits per heavy atom. The number of aromatic nitrogens is 1. The minimum Gasteiger partial charge on any atom is -0.326 e. The van der Waals surface area contributed by atoms with E-state index >= 15 is 0 Å². The fraction of sp³-hybridized carbons (Fsp3) is 0.111. The molecule has 0 aliphatic rings. The van der Waals surface area contributed by atoms with Crippen LogP contribution < -0.4 is 5.32 Å². The Labute approximate surface area is 123 Å². The molecular formula is C18H16N2O. The average Bonchev–Trinajstić information content (AvgIpc) is 2.54. The predicted molar refractivity (Wildman–Crippen MR) is 85.1 cm³/mol. The third-order valence-electron chi connectivity index (χ3n) is 3.43. The fourth-order valence-electron chi connectivity index (χ4n) is 2.35. The van der Waals surface area contributed by atoms with Crippen molar-refractivity contribution in [1.82, 2.24) is 4.98 Å². The first-order chi connectivity index (χ1) is 10.3. The number of fused-ring (bicyclic) bond motifs is 1. The molecule has 0 aliphatic heterocycles. The summed E-state index contributed by atoms with van der Waals surface area (Å²) in [4.78, 5) is 16.2. The van der Waals surface area contributed by atoms with Crippen molar-refractivity contribution < 1.29 is 4.79 Å². The van der Waals surface area contributed by atoms with Gasteiger partial charge in [-0.25, -0.2) is 0 Å². The molecule has 0 saturated heterocycles. The minimum atomic E-state index is 0.0233. The van der Waals surface area contributed by atoms with E-state index in [4.69, 9.17) is 0 Å². The summed E-state index contributed by atoms with van der Waals surface area (Å²) in [6, 6.07) is 17.8. The molecule has 1 amide bonds. The molecule has 0 unspecified atom stereocenters. The standard InChI is InChI=1S/C18H16N2O/c21-18(11-10-14-5-4-12-19-13-14)20-17-9-3-7-15-6-1-2-8-16(15)17/h1-9,12-13H,10-11H2,(H,20,21). The molecular weight excluding hydrogens is 260 g/mol. The number of amides is 1. The molecule has 104 valence electrons. The van der Waals surface area contributed by atoms with Crippen molar-refractivity contribution in [1.29, 1.82) is 0 Å². The number of benzene rings is 2. The first-order valence-electron chi connectivity index (χ1n) is 6.99. The van der Waals surface area contributed by atoms with E-state index in [0.29, 0.717) is 12.8 Å². The Morgan fingerprint density at radius 3 is 2.71 bits per heavy atom. The molecule has 0 saturated carbocycles. The summed E-state index contributed by atoms with van der Waals surface area (Å²) in [5.74, 6) is 0.0233. The number of nitrogens with zero attached hydrogens (tertiary/aromatic N) is 1. The predicted octanol–water partition coefficient (Wildman–Crippen LogP) is 3.81. The van der Waals surface area contributed by atoms with Gasteiger partial charge in [0.05, 0.1) is 0 Å². The third kappa shape index (κ3) is 3.26. The zero-order chi connectivity index (χ0) is 14.5. The number of pyridine rings is 1. The highest BCUT2D eigenvalue weighted by Crippen LogP contribution is 2.23. The van der Waals surface area contributed by atoms with E-state index in [-0.39, 0.29) is 5.91 Å². The van der Waals surface area contributed by atoms with Crippen LogP contribution in [0.4, 0.5) is 5.69 Å². The van der Waals surface area contributed by atoms with Crippen LogP contribution >= 0.6 is 0 Å². The molecule has 0 radical (unpaired) electrons. The number of aryl methyl sites for hydroxylation is 1. The summed E-state index contributed by atoms with van der Waals surface area (Å²) in [6.07, 6.45) is 4.68. The molecule has 1 N–H and O–H groups in total. The Hall–Kier alpha value is -2.68. The SMILES string of the molecule is O=C(CCc1cccnc1)Nc1cccc2ccccc12. The van der Waals surface area contributed by atoms with E-state index in [9.17, 15) is 4.79 Å². The van der Waals surface area contributed by atoms with Gasteiger partial charge in [-0.3, -0.25) is 9.78 Å². The number of hydrogen-bond donors (Lipinski definition) is 1. The van der Waals surface area contributed by atoms with Gasteiger partial charge in [0.15, 0.2) is 0 Å². The van der Waals surface area contributed by atoms with Crippen LogP contribution in [0.3, 0.4) is 0 Å². The molecule has 0 spiro atoms. The number of rotatable bonds is 4. The average molecular weight is 276 g/mol. The normalized spacial score (nSPS) is 10.5. The van der Waals surface area contributed by atoms with Crippen molar-refractivity contribution in [2.75, 3.05) is 5.32 Å². The van der Waals surface area contributed by atoms with Crippen LogP contribution in [0, 0.1) is 0 Å². The van der Waals surface area contributed by atoms with E-state index in [0.717, 1.165) is 22.0 Å². The van der Waals surface area contributed by atoms with Gasteiger partial charge in [-0.1, -0.05) is 42.5 Å². The second kappa shape index (κ2) is 6.18. The lowest BCUT2D eigenvalue weighted by Crippen LogP contribution is -2.12. The molecule has 0 atom stereocenters. The van der Waals surface area contributed by atoms with Crippen LogP contribution in [0.2, 0.25) is 0 Å².